The largest absolute Gasteiger partial charge is 0.341 e. The molecule has 2 aromatic heterocycles. The van der Waals surface area contributed by atoms with Crippen LogP contribution in [0.5, 0.6) is 0 Å². The maximum atomic E-state index is 13.8. The molecule has 0 radical (unpaired) electrons. The molecular weight excluding hydrogens is 436 g/mol. The third-order valence-corrected chi connectivity index (χ3v) is 7.44. The fourth-order valence-electron chi connectivity index (χ4n) is 5.98. The maximum Gasteiger partial charge on any atom is 0.291 e. The van der Waals surface area contributed by atoms with E-state index in [0.29, 0.717) is 23.9 Å². The number of rotatable bonds is 4. The molecule has 6 nitrogen and oxygen atoms in total. The lowest BCUT2D eigenvalue weighted by Crippen LogP contribution is -2.45. The number of nitrogens with zero attached hydrogens (tertiary/aromatic N) is 4. The number of likely N-dealkylation sites (tertiary alicyclic amines) is 1. The first kappa shape index (κ1) is 23.3. The SMILES string of the molecule is Cc1cc(C)c(Cn2c3ccccc3c3cnn(CC(=O)N4C[C@H](C)C[C@H](C)C4)c(=O)c32)c(C)c1. The normalized spacial score (nSPS) is 18.5. The Labute approximate surface area is 206 Å². The molecule has 2 atom stereocenters. The molecular formula is C29H34N4O2. The molecule has 1 fully saturated rings. The van der Waals surface area contributed by atoms with E-state index in [4.69, 9.17) is 0 Å². The number of hydrogen-bond acceptors (Lipinski definition) is 3. The molecule has 0 aliphatic carbocycles. The van der Waals surface area contributed by atoms with E-state index in [0.717, 1.165) is 35.8 Å². The van der Waals surface area contributed by atoms with Crippen LogP contribution in [-0.2, 0) is 17.9 Å². The van der Waals surface area contributed by atoms with Crippen LogP contribution in [-0.4, -0.2) is 38.2 Å². The lowest BCUT2D eigenvalue weighted by molar-refractivity contribution is -0.134. The number of carbonyl (C=O) groups is 1. The van der Waals surface area contributed by atoms with Gasteiger partial charge in [-0.2, -0.15) is 5.10 Å². The summed E-state index contributed by atoms with van der Waals surface area (Å²) in [4.78, 5) is 28.8. The van der Waals surface area contributed by atoms with Crippen LogP contribution in [0.15, 0.2) is 47.4 Å². The summed E-state index contributed by atoms with van der Waals surface area (Å²) < 4.78 is 3.45. The predicted molar refractivity (Wildman–Crippen MR) is 141 cm³/mol. The minimum Gasteiger partial charge on any atom is -0.341 e. The van der Waals surface area contributed by atoms with Crippen molar-refractivity contribution in [3.63, 3.8) is 0 Å². The van der Waals surface area contributed by atoms with Crippen molar-refractivity contribution >= 4 is 27.7 Å². The zero-order valence-corrected chi connectivity index (χ0v) is 21.3. The highest BCUT2D eigenvalue weighted by Gasteiger charge is 2.26. The van der Waals surface area contributed by atoms with Crippen LogP contribution in [0.25, 0.3) is 21.8 Å². The number of aromatic nitrogens is 3. The smallest absolute Gasteiger partial charge is 0.291 e. The van der Waals surface area contributed by atoms with E-state index in [9.17, 15) is 9.59 Å². The van der Waals surface area contributed by atoms with Gasteiger partial charge in [0.1, 0.15) is 12.1 Å². The Bertz CT molecular complexity index is 1460. The fourth-order valence-corrected chi connectivity index (χ4v) is 5.98. The van der Waals surface area contributed by atoms with Gasteiger partial charge in [-0.15, -0.1) is 0 Å². The molecule has 0 bridgehead atoms. The number of amides is 1. The van der Waals surface area contributed by atoms with Gasteiger partial charge in [-0.25, -0.2) is 4.68 Å². The molecule has 0 unspecified atom stereocenters. The van der Waals surface area contributed by atoms with E-state index in [1.165, 1.54) is 26.9 Å². The van der Waals surface area contributed by atoms with Crippen LogP contribution in [0.3, 0.4) is 0 Å². The molecule has 5 rings (SSSR count). The summed E-state index contributed by atoms with van der Waals surface area (Å²) >= 11 is 0. The number of hydrogen-bond donors (Lipinski definition) is 0. The summed E-state index contributed by atoms with van der Waals surface area (Å²) in [6.45, 7) is 12.8. The summed E-state index contributed by atoms with van der Waals surface area (Å²) in [5.41, 5.74) is 6.27. The van der Waals surface area contributed by atoms with Crippen LogP contribution < -0.4 is 5.56 Å². The van der Waals surface area contributed by atoms with Gasteiger partial charge in [0, 0.05) is 35.9 Å². The van der Waals surface area contributed by atoms with E-state index in [1.54, 1.807) is 6.20 Å². The molecule has 6 heteroatoms. The molecule has 0 N–H and O–H groups in total. The fraction of sp³-hybridized carbons (Fsp3) is 0.414. The second kappa shape index (κ2) is 8.99. The van der Waals surface area contributed by atoms with Gasteiger partial charge in [0.15, 0.2) is 0 Å². The minimum atomic E-state index is -0.215. The van der Waals surface area contributed by atoms with Gasteiger partial charge in [0.2, 0.25) is 5.91 Å². The number of aryl methyl sites for hydroxylation is 3. The van der Waals surface area contributed by atoms with Crippen molar-refractivity contribution in [1.29, 1.82) is 0 Å². The monoisotopic (exact) mass is 470 g/mol. The predicted octanol–water partition coefficient (Wildman–Crippen LogP) is 4.83. The van der Waals surface area contributed by atoms with Crippen molar-refractivity contribution in [2.75, 3.05) is 13.1 Å². The van der Waals surface area contributed by atoms with Crippen LogP contribution in [0, 0.1) is 32.6 Å². The summed E-state index contributed by atoms with van der Waals surface area (Å²) in [6.07, 6.45) is 2.88. The first-order valence-corrected chi connectivity index (χ1v) is 12.5. The molecule has 1 saturated heterocycles. The zero-order valence-electron chi connectivity index (χ0n) is 21.3. The Balaban J connectivity index is 1.60. The van der Waals surface area contributed by atoms with E-state index < -0.39 is 0 Å². The van der Waals surface area contributed by atoms with Crippen LogP contribution in [0.2, 0.25) is 0 Å². The quantitative estimate of drug-likeness (QED) is 0.429. The number of fused-ring (bicyclic) bond motifs is 3. The third-order valence-electron chi connectivity index (χ3n) is 7.44. The zero-order chi connectivity index (χ0) is 24.9. The highest BCUT2D eigenvalue weighted by atomic mass is 16.2. The highest BCUT2D eigenvalue weighted by molar-refractivity contribution is 6.07. The average Bonchev–Trinajstić information content (AvgIpc) is 3.11. The van der Waals surface area contributed by atoms with Gasteiger partial charge in [0.25, 0.3) is 5.56 Å². The lowest BCUT2D eigenvalue weighted by atomic mass is 9.92. The van der Waals surface area contributed by atoms with Crippen molar-refractivity contribution in [2.24, 2.45) is 11.8 Å². The summed E-state index contributed by atoms with van der Waals surface area (Å²) in [5.74, 6) is 0.905. The number of carbonyl (C=O) groups excluding carboxylic acids is 1. The summed E-state index contributed by atoms with van der Waals surface area (Å²) in [6, 6.07) is 12.5. The summed E-state index contributed by atoms with van der Waals surface area (Å²) in [7, 11) is 0. The van der Waals surface area contributed by atoms with Gasteiger partial charge < -0.3 is 9.47 Å². The van der Waals surface area contributed by atoms with Crippen molar-refractivity contribution in [2.45, 2.75) is 54.1 Å². The molecule has 0 spiro atoms. The molecule has 4 aromatic rings. The highest BCUT2D eigenvalue weighted by Crippen LogP contribution is 2.29. The molecule has 1 amide bonds. The third kappa shape index (κ3) is 4.26. The molecule has 182 valence electrons. The van der Waals surface area contributed by atoms with E-state index in [1.807, 2.05) is 23.1 Å². The van der Waals surface area contributed by atoms with Gasteiger partial charge >= 0.3 is 0 Å². The van der Waals surface area contributed by atoms with Gasteiger partial charge in [0.05, 0.1) is 6.20 Å². The van der Waals surface area contributed by atoms with Crippen LogP contribution >= 0.6 is 0 Å². The van der Waals surface area contributed by atoms with Crippen LogP contribution in [0.1, 0.15) is 42.5 Å². The average molecular weight is 471 g/mol. The standard InChI is InChI=1S/C29H34N4O2/c1-18-11-21(4)25(22(5)12-18)16-32-26-9-7-6-8-23(26)24-13-30-33(29(35)28(24)32)17-27(34)31-14-19(2)10-20(3)15-31/h6-9,11-13,19-20H,10,14-17H2,1-5H3/t19-,20+. The van der Waals surface area contributed by atoms with E-state index in [2.05, 4.69) is 62.5 Å². The second-order valence-electron chi connectivity index (χ2n) is 10.6. The molecule has 1 aliphatic rings. The molecule has 1 aliphatic heterocycles. The minimum absolute atomic E-state index is 0.0294. The maximum absolute atomic E-state index is 13.8. The Kier molecular flexibility index (Phi) is 5.99. The number of benzene rings is 2. The Morgan fingerprint density at radius 2 is 1.66 bits per heavy atom. The molecule has 3 heterocycles. The number of para-hydroxylation sites is 1. The molecule has 0 saturated carbocycles. The van der Waals surface area contributed by atoms with E-state index >= 15 is 0 Å². The first-order valence-electron chi connectivity index (χ1n) is 12.5. The van der Waals surface area contributed by atoms with Gasteiger partial charge in [-0.3, -0.25) is 9.59 Å². The van der Waals surface area contributed by atoms with Crippen molar-refractivity contribution in [3.05, 3.63) is 75.2 Å². The Morgan fingerprint density at radius 1 is 1.00 bits per heavy atom. The van der Waals surface area contributed by atoms with Gasteiger partial charge in [-0.05, 0) is 61.8 Å². The summed E-state index contributed by atoms with van der Waals surface area (Å²) in [5, 5.41) is 6.28. The van der Waals surface area contributed by atoms with E-state index in [-0.39, 0.29) is 18.0 Å². The van der Waals surface area contributed by atoms with Crippen molar-refractivity contribution in [1.82, 2.24) is 19.2 Å². The Morgan fingerprint density at radius 3 is 2.34 bits per heavy atom. The number of piperidine rings is 1. The van der Waals surface area contributed by atoms with Crippen molar-refractivity contribution in [3.8, 4) is 0 Å². The molecule has 2 aromatic carbocycles. The molecule has 35 heavy (non-hydrogen) atoms. The van der Waals surface area contributed by atoms with Crippen molar-refractivity contribution < 1.29 is 4.79 Å². The second-order valence-corrected chi connectivity index (χ2v) is 10.6. The van der Waals surface area contributed by atoms with Crippen LogP contribution in [0.4, 0.5) is 0 Å². The van der Waals surface area contributed by atoms with Gasteiger partial charge in [-0.1, -0.05) is 49.7 Å². The first-order chi connectivity index (χ1) is 16.7. The Hall–Kier alpha value is -3.41. The lowest BCUT2D eigenvalue weighted by Gasteiger charge is -2.35. The topological polar surface area (TPSA) is 60.1 Å².